The van der Waals surface area contributed by atoms with Crippen molar-refractivity contribution in [3.05, 3.63) is 17.5 Å². The van der Waals surface area contributed by atoms with Crippen LogP contribution < -0.4 is 0 Å². The number of carboxylic acids is 1. The Morgan fingerprint density at radius 2 is 2.38 bits per heavy atom. The third-order valence-electron chi connectivity index (χ3n) is 2.46. The molecule has 1 aliphatic rings. The molecule has 2 heterocycles. The van der Waals surface area contributed by atoms with Crippen LogP contribution >= 0.6 is 0 Å². The monoisotopic (exact) mass is 226 g/mol. The molecule has 16 heavy (non-hydrogen) atoms. The molecule has 6 heteroatoms. The third-order valence-corrected chi connectivity index (χ3v) is 2.46. The fraction of sp³-hybridized carbons (Fsp3) is 0.600. The molecule has 1 unspecified atom stereocenters. The largest absolute Gasteiger partial charge is 0.477 e. The van der Waals surface area contributed by atoms with Crippen molar-refractivity contribution in [3.63, 3.8) is 0 Å². The molecule has 1 fully saturated rings. The van der Waals surface area contributed by atoms with Crippen molar-refractivity contribution in [1.82, 2.24) is 9.78 Å². The SMILES string of the molecule is Cn1nc(C2COC(C)(C)O2)cc1C(=O)O. The van der Waals surface area contributed by atoms with E-state index >= 15 is 0 Å². The molecule has 0 amide bonds. The Kier molecular flexibility index (Phi) is 2.47. The zero-order valence-electron chi connectivity index (χ0n) is 9.43. The van der Waals surface area contributed by atoms with Crippen molar-refractivity contribution in [3.8, 4) is 0 Å². The summed E-state index contributed by atoms with van der Waals surface area (Å²) in [5, 5.41) is 13.0. The molecule has 1 atom stereocenters. The van der Waals surface area contributed by atoms with Crippen LogP contribution in [0.4, 0.5) is 0 Å². The molecule has 1 saturated heterocycles. The summed E-state index contributed by atoms with van der Waals surface area (Å²) in [6.07, 6.45) is -0.297. The first-order valence-corrected chi connectivity index (χ1v) is 4.98. The van der Waals surface area contributed by atoms with Gasteiger partial charge in [0.2, 0.25) is 0 Å². The second-order valence-electron chi connectivity index (χ2n) is 4.20. The van der Waals surface area contributed by atoms with Crippen molar-refractivity contribution in [2.75, 3.05) is 6.61 Å². The molecule has 0 radical (unpaired) electrons. The molecule has 0 spiro atoms. The van der Waals surface area contributed by atoms with Crippen LogP contribution in [0.1, 0.15) is 36.1 Å². The summed E-state index contributed by atoms with van der Waals surface area (Å²) >= 11 is 0. The zero-order valence-corrected chi connectivity index (χ0v) is 9.43. The first-order chi connectivity index (χ1) is 7.39. The lowest BCUT2D eigenvalue weighted by atomic mass is 10.2. The normalized spacial score (nSPS) is 23.6. The van der Waals surface area contributed by atoms with Gasteiger partial charge in [-0.1, -0.05) is 0 Å². The van der Waals surface area contributed by atoms with Crippen LogP contribution in [0.15, 0.2) is 6.07 Å². The van der Waals surface area contributed by atoms with Crippen LogP contribution in [0.3, 0.4) is 0 Å². The molecule has 88 valence electrons. The predicted octanol–water partition coefficient (Wildman–Crippen LogP) is 0.942. The highest BCUT2D eigenvalue weighted by atomic mass is 16.7. The van der Waals surface area contributed by atoms with Crippen molar-refractivity contribution >= 4 is 5.97 Å². The van der Waals surface area contributed by atoms with Crippen LogP contribution in [-0.4, -0.2) is 33.3 Å². The average molecular weight is 226 g/mol. The number of aromatic carboxylic acids is 1. The Morgan fingerprint density at radius 1 is 1.69 bits per heavy atom. The second kappa shape index (κ2) is 3.57. The zero-order chi connectivity index (χ0) is 11.9. The van der Waals surface area contributed by atoms with Gasteiger partial charge in [-0.2, -0.15) is 5.10 Å². The molecule has 0 aliphatic carbocycles. The summed E-state index contributed by atoms with van der Waals surface area (Å²) in [4.78, 5) is 10.8. The van der Waals surface area contributed by atoms with E-state index in [1.165, 1.54) is 10.7 Å². The van der Waals surface area contributed by atoms with Gasteiger partial charge in [0.05, 0.1) is 12.3 Å². The van der Waals surface area contributed by atoms with Crippen molar-refractivity contribution in [2.24, 2.45) is 7.05 Å². The summed E-state index contributed by atoms with van der Waals surface area (Å²) in [7, 11) is 1.59. The Labute approximate surface area is 92.8 Å². The smallest absolute Gasteiger partial charge is 0.354 e. The van der Waals surface area contributed by atoms with E-state index in [9.17, 15) is 4.79 Å². The first-order valence-electron chi connectivity index (χ1n) is 4.98. The minimum Gasteiger partial charge on any atom is -0.477 e. The standard InChI is InChI=1S/C10H14N2O4/c1-10(2)15-5-8(16-10)6-4-7(9(13)14)12(3)11-6/h4,8H,5H2,1-3H3,(H,13,14). The van der Waals surface area contributed by atoms with Gasteiger partial charge in [0.15, 0.2) is 5.79 Å². The maximum atomic E-state index is 10.8. The fourth-order valence-corrected chi connectivity index (χ4v) is 1.68. The lowest BCUT2D eigenvalue weighted by Gasteiger charge is -2.16. The Morgan fingerprint density at radius 3 is 2.81 bits per heavy atom. The molecule has 1 N–H and O–H groups in total. The number of ether oxygens (including phenoxy) is 2. The summed E-state index contributed by atoms with van der Waals surface area (Å²) < 4.78 is 12.3. The maximum Gasteiger partial charge on any atom is 0.354 e. The Hall–Kier alpha value is -1.40. The molecular formula is C10H14N2O4. The number of aryl methyl sites for hydroxylation is 1. The van der Waals surface area contributed by atoms with Gasteiger partial charge in [0.25, 0.3) is 0 Å². The van der Waals surface area contributed by atoms with Crippen LogP contribution in [0, 0.1) is 0 Å². The number of carboxylic acid groups (broad SMARTS) is 1. The summed E-state index contributed by atoms with van der Waals surface area (Å²) in [6, 6.07) is 1.51. The number of hydrogen-bond donors (Lipinski definition) is 1. The van der Waals surface area contributed by atoms with E-state index < -0.39 is 11.8 Å². The predicted molar refractivity (Wildman–Crippen MR) is 54.0 cm³/mol. The molecule has 0 aromatic carbocycles. The molecule has 1 aromatic heterocycles. The molecule has 0 saturated carbocycles. The van der Waals surface area contributed by atoms with Gasteiger partial charge < -0.3 is 14.6 Å². The number of nitrogens with zero attached hydrogens (tertiary/aromatic N) is 2. The summed E-state index contributed by atoms with van der Waals surface area (Å²) in [5.74, 6) is -1.63. The van der Waals surface area contributed by atoms with E-state index in [-0.39, 0.29) is 11.8 Å². The van der Waals surface area contributed by atoms with Crippen molar-refractivity contribution < 1.29 is 19.4 Å². The van der Waals surface area contributed by atoms with Gasteiger partial charge >= 0.3 is 5.97 Å². The third kappa shape index (κ3) is 1.94. The van der Waals surface area contributed by atoms with Gasteiger partial charge in [0, 0.05) is 7.05 Å². The minimum absolute atomic E-state index is 0.142. The van der Waals surface area contributed by atoms with Crippen LogP contribution in [0.25, 0.3) is 0 Å². The molecule has 1 aliphatic heterocycles. The van der Waals surface area contributed by atoms with Crippen LogP contribution in [0.2, 0.25) is 0 Å². The van der Waals surface area contributed by atoms with E-state index in [1.807, 2.05) is 13.8 Å². The van der Waals surface area contributed by atoms with Crippen molar-refractivity contribution in [1.29, 1.82) is 0 Å². The summed E-state index contributed by atoms with van der Waals surface area (Å²) in [6.45, 7) is 4.02. The molecule has 6 nitrogen and oxygen atoms in total. The first kappa shape index (κ1) is 11.1. The quantitative estimate of drug-likeness (QED) is 0.812. The lowest BCUT2D eigenvalue weighted by molar-refractivity contribution is -0.139. The topological polar surface area (TPSA) is 73.6 Å². The highest BCUT2D eigenvalue weighted by Gasteiger charge is 2.35. The lowest BCUT2D eigenvalue weighted by Crippen LogP contribution is -2.19. The van der Waals surface area contributed by atoms with E-state index in [2.05, 4.69) is 5.10 Å². The van der Waals surface area contributed by atoms with Gasteiger partial charge in [-0.05, 0) is 19.9 Å². The van der Waals surface area contributed by atoms with Gasteiger partial charge in [-0.25, -0.2) is 4.79 Å². The molecule has 0 bridgehead atoms. The van der Waals surface area contributed by atoms with E-state index in [0.29, 0.717) is 12.3 Å². The number of rotatable bonds is 2. The highest BCUT2D eigenvalue weighted by Crippen LogP contribution is 2.32. The van der Waals surface area contributed by atoms with E-state index in [0.717, 1.165) is 0 Å². The number of carbonyl (C=O) groups is 1. The van der Waals surface area contributed by atoms with E-state index in [1.54, 1.807) is 7.05 Å². The van der Waals surface area contributed by atoms with Crippen LogP contribution in [-0.2, 0) is 16.5 Å². The van der Waals surface area contributed by atoms with Gasteiger partial charge in [-0.15, -0.1) is 0 Å². The second-order valence-corrected chi connectivity index (χ2v) is 4.20. The van der Waals surface area contributed by atoms with Gasteiger partial charge in [-0.3, -0.25) is 4.68 Å². The highest BCUT2D eigenvalue weighted by molar-refractivity contribution is 5.85. The van der Waals surface area contributed by atoms with Crippen LogP contribution in [0.5, 0.6) is 0 Å². The number of aromatic nitrogens is 2. The molecular weight excluding hydrogens is 212 g/mol. The number of hydrogen-bond acceptors (Lipinski definition) is 4. The Bertz CT molecular complexity index is 424. The minimum atomic E-state index is -1.00. The average Bonchev–Trinajstić information content (AvgIpc) is 2.69. The maximum absolute atomic E-state index is 10.8. The summed E-state index contributed by atoms with van der Waals surface area (Å²) in [5.41, 5.74) is 0.730. The molecule has 2 rings (SSSR count). The molecule has 1 aromatic rings. The van der Waals surface area contributed by atoms with Crippen molar-refractivity contribution in [2.45, 2.75) is 25.7 Å². The Balaban J connectivity index is 2.23. The van der Waals surface area contributed by atoms with Gasteiger partial charge in [0.1, 0.15) is 11.8 Å². The fourth-order valence-electron chi connectivity index (χ4n) is 1.68. The van der Waals surface area contributed by atoms with E-state index in [4.69, 9.17) is 14.6 Å².